The van der Waals surface area contributed by atoms with Gasteiger partial charge in [0.15, 0.2) is 12.4 Å². The SMILES string of the molecule is CN(C)C=NC(=O)C1(c2nn(COCC[Si](C)(C)C)nc2C(=O)O)C=CC(c2ccccc2)=CC1. The van der Waals surface area contributed by atoms with E-state index in [0.29, 0.717) is 6.61 Å². The van der Waals surface area contributed by atoms with Gasteiger partial charge in [-0.25, -0.2) is 9.79 Å². The van der Waals surface area contributed by atoms with Crippen molar-refractivity contribution in [2.45, 2.75) is 44.3 Å². The summed E-state index contributed by atoms with van der Waals surface area (Å²) in [6.45, 7) is 7.29. The summed E-state index contributed by atoms with van der Waals surface area (Å²) in [4.78, 5) is 32.5. The Morgan fingerprint density at radius 1 is 1.23 bits per heavy atom. The number of nitrogens with zero attached hydrogens (tertiary/aromatic N) is 5. The summed E-state index contributed by atoms with van der Waals surface area (Å²) in [5, 5.41) is 18.5. The highest BCUT2D eigenvalue weighted by molar-refractivity contribution is 6.76. The number of hydrogen-bond acceptors (Lipinski definition) is 5. The lowest BCUT2D eigenvalue weighted by atomic mass is 9.75. The molecule has 35 heavy (non-hydrogen) atoms. The van der Waals surface area contributed by atoms with Crippen LogP contribution in [0.15, 0.2) is 53.6 Å². The van der Waals surface area contributed by atoms with E-state index in [1.54, 1.807) is 25.1 Å². The standard InChI is InChI=1S/C25H33N5O4Si/c1-29(2)17-26-24(33)25(13-11-20(12-14-25)19-9-7-6-8-10-19)22-21(23(31)32)27-30(28-22)18-34-15-16-35(3,4)5/h6-13,17H,14-16,18H2,1-5H3,(H,31,32). The van der Waals surface area contributed by atoms with Gasteiger partial charge in [-0.1, -0.05) is 68.2 Å². The summed E-state index contributed by atoms with van der Waals surface area (Å²) in [6.07, 6.45) is 7.02. The number of rotatable bonds is 10. The molecular formula is C25H33N5O4Si. The van der Waals surface area contributed by atoms with Crippen LogP contribution in [0, 0.1) is 0 Å². The summed E-state index contributed by atoms with van der Waals surface area (Å²) in [6, 6.07) is 10.7. The molecule has 0 spiro atoms. The first-order valence-electron chi connectivity index (χ1n) is 11.5. The van der Waals surface area contributed by atoms with Gasteiger partial charge >= 0.3 is 5.97 Å². The molecule has 0 radical (unpaired) electrons. The lowest BCUT2D eigenvalue weighted by Crippen LogP contribution is -2.36. The molecule has 1 heterocycles. The van der Waals surface area contributed by atoms with Crippen molar-refractivity contribution in [1.29, 1.82) is 0 Å². The van der Waals surface area contributed by atoms with Gasteiger partial charge < -0.3 is 14.7 Å². The normalized spacial score (nSPS) is 18.0. The molecule has 1 aromatic heterocycles. The molecule has 0 fully saturated rings. The number of hydrogen-bond donors (Lipinski definition) is 1. The van der Waals surface area contributed by atoms with Crippen LogP contribution in [-0.4, -0.2) is 72.0 Å². The Balaban J connectivity index is 1.97. The fraction of sp³-hybridized carbons (Fsp3) is 0.400. The predicted octanol–water partition coefficient (Wildman–Crippen LogP) is 3.69. The zero-order valence-electron chi connectivity index (χ0n) is 20.9. The van der Waals surface area contributed by atoms with E-state index >= 15 is 0 Å². The number of aliphatic imine (C=N–C) groups is 1. The monoisotopic (exact) mass is 495 g/mol. The van der Waals surface area contributed by atoms with E-state index in [1.807, 2.05) is 42.5 Å². The molecule has 1 atom stereocenters. The Morgan fingerprint density at radius 3 is 2.51 bits per heavy atom. The van der Waals surface area contributed by atoms with Gasteiger partial charge in [0.25, 0.3) is 5.91 Å². The van der Waals surface area contributed by atoms with Crippen LogP contribution < -0.4 is 0 Å². The number of carboxylic acid groups (broad SMARTS) is 1. The second kappa shape index (κ2) is 10.9. The number of amides is 1. The predicted molar refractivity (Wildman–Crippen MR) is 138 cm³/mol. The van der Waals surface area contributed by atoms with Crippen molar-refractivity contribution in [2.24, 2.45) is 4.99 Å². The van der Waals surface area contributed by atoms with Crippen molar-refractivity contribution in [3.8, 4) is 0 Å². The van der Waals surface area contributed by atoms with E-state index in [0.717, 1.165) is 17.2 Å². The van der Waals surface area contributed by atoms with Gasteiger partial charge in [-0.15, -0.1) is 5.10 Å². The van der Waals surface area contributed by atoms with Crippen molar-refractivity contribution < 1.29 is 19.4 Å². The van der Waals surface area contributed by atoms with Crippen LogP contribution in [0.2, 0.25) is 25.7 Å². The van der Waals surface area contributed by atoms with Crippen molar-refractivity contribution in [3.63, 3.8) is 0 Å². The van der Waals surface area contributed by atoms with Gasteiger partial charge in [0.05, 0.1) is 6.34 Å². The van der Waals surface area contributed by atoms with Crippen LogP contribution in [0.3, 0.4) is 0 Å². The van der Waals surface area contributed by atoms with Crippen LogP contribution in [0.4, 0.5) is 0 Å². The van der Waals surface area contributed by atoms with Crippen LogP contribution in [0.25, 0.3) is 5.57 Å². The molecule has 2 aromatic rings. The maximum absolute atomic E-state index is 13.4. The van der Waals surface area contributed by atoms with E-state index in [2.05, 4.69) is 34.8 Å². The Bertz CT molecular complexity index is 1150. The minimum atomic E-state index is -1.39. The summed E-state index contributed by atoms with van der Waals surface area (Å²) in [5.41, 5.74) is 0.312. The number of carboxylic acids is 1. The number of aromatic nitrogens is 3. The fourth-order valence-electron chi connectivity index (χ4n) is 3.58. The highest BCUT2D eigenvalue weighted by atomic mass is 28.3. The van der Waals surface area contributed by atoms with Crippen molar-refractivity contribution >= 4 is 31.9 Å². The highest BCUT2D eigenvalue weighted by Crippen LogP contribution is 2.38. The molecule has 1 aliphatic rings. The molecule has 0 saturated heterocycles. The van der Waals surface area contributed by atoms with Crippen molar-refractivity contribution in [2.75, 3.05) is 20.7 Å². The molecule has 0 bridgehead atoms. The number of ether oxygens (including phenoxy) is 1. The zero-order chi connectivity index (χ0) is 25.6. The van der Waals surface area contributed by atoms with Gasteiger partial charge in [-0.3, -0.25) is 4.79 Å². The second-order valence-corrected chi connectivity index (χ2v) is 15.6. The molecule has 9 nitrogen and oxygen atoms in total. The molecular weight excluding hydrogens is 462 g/mol. The van der Waals surface area contributed by atoms with Gasteiger partial charge in [-0.2, -0.15) is 9.90 Å². The number of benzene rings is 1. The minimum absolute atomic E-state index is 0.00478. The topological polar surface area (TPSA) is 110 Å². The summed E-state index contributed by atoms with van der Waals surface area (Å²) >= 11 is 0. The van der Waals surface area contributed by atoms with Crippen molar-refractivity contribution in [1.82, 2.24) is 19.9 Å². The van der Waals surface area contributed by atoms with Crippen LogP contribution >= 0.6 is 0 Å². The maximum atomic E-state index is 13.4. The molecule has 3 rings (SSSR count). The summed E-state index contributed by atoms with van der Waals surface area (Å²) < 4.78 is 5.71. The molecule has 1 aromatic carbocycles. The van der Waals surface area contributed by atoms with E-state index in [1.165, 1.54) is 11.1 Å². The average molecular weight is 496 g/mol. The van der Waals surface area contributed by atoms with Gasteiger partial charge in [0.1, 0.15) is 11.1 Å². The third kappa shape index (κ3) is 6.61. The average Bonchev–Trinajstić information content (AvgIpc) is 3.25. The Labute approximate surface area is 206 Å². The number of aromatic carboxylic acids is 1. The highest BCUT2D eigenvalue weighted by Gasteiger charge is 2.45. The molecule has 10 heteroatoms. The first-order valence-corrected chi connectivity index (χ1v) is 15.2. The van der Waals surface area contributed by atoms with Gasteiger partial charge in [-0.05, 0) is 23.6 Å². The minimum Gasteiger partial charge on any atom is -0.476 e. The quantitative estimate of drug-likeness (QED) is 0.232. The molecule has 186 valence electrons. The van der Waals surface area contributed by atoms with Crippen molar-refractivity contribution in [3.05, 3.63) is 65.5 Å². The van der Waals surface area contributed by atoms with Crippen LogP contribution in [-0.2, 0) is 21.7 Å². The van der Waals surface area contributed by atoms with Crippen LogP contribution in [0.5, 0.6) is 0 Å². The first kappa shape index (κ1) is 26.2. The molecule has 0 aliphatic heterocycles. The number of carbonyl (C=O) groups is 2. The molecule has 1 N–H and O–H groups in total. The lowest BCUT2D eigenvalue weighted by molar-refractivity contribution is -0.121. The van der Waals surface area contributed by atoms with E-state index in [4.69, 9.17) is 4.74 Å². The Hall–Kier alpha value is -3.37. The Morgan fingerprint density at radius 2 is 1.94 bits per heavy atom. The lowest BCUT2D eigenvalue weighted by Gasteiger charge is -2.27. The smallest absolute Gasteiger partial charge is 0.358 e. The Kier molecular flexibility index (Phi) is 8.18. The summed E-state index contributed by atoms with van der Waals surface area (Å²) in [5.74, 6) is -1.77. The van der Waals surface area contributed by atoms with Gasteiger partial charge in [0.2, 0.25) is 0 Å². The fourth-order valence-corrected chi connectivity index (χ4v) is 4.33. The number of carbonyl (C=O) groups excluding carboxylic acids is 1. The van der Waals surface area contributed by atoms with E-state index < -0.39 is 25.4 Å². The molecule has 0 saturated carbocycles. The largest absolute Gasteiger partial charge is 0.476 e. The molecule has 1 aliphatic carbocycles. The molecule has 1 unspecified atom stereocenters. The summed E-state index contributed by atoms with van der Waals surface area (Å²) in [7, 11) is 2.23. The molecule has 1 amide bonds. The zero-order valence-corrected chi connectivity index (χ0v) is 21.9. The van der Waals surface area contributed by atoms with E-state index in [9.17, 15) is 14.7 Å². The third-order valence-corrected chi connectivity index (χ3v) is 7.27. The second-order valence-electron chi connectivity index (χ2n) is 9.97. The maximum Gasteiger partial charge on any atom is 0.358 e. The van der Waals surface area contributed by atoms with Crippen LogP contribution in [0.1, 0.15) is 28.2 Å². The first-order chi connectivity index (χ1) is 16.5. The van der Waals surface area contributed by atoms with E-state index in [-0.39, 0.29) is 24.5 Å². The third-order valence-electron chi connectivity index (χ3n) is 5.57. The number of allylic oxidation sites excluding steroid dienone is 3. The van der Waals surface area contributed by atoms with Gasteiger partial charge in [0, 0.05) is 28.8 Å².